The van der Waals surface area contributed by atoms with Crippen LogP contribution in [-0.4, -0.2) is 41.3 Å². The molecule has 5 heteroatoms. The van der Waals surface area contributed by atoms with Gasteiger partial charge in [0.2, 0.25) is 0 Å². The molecule has 2 unspecified atom stereocenters. The van der Waals surface area contributed by atoms with Crippen LogP contribution in [0.1, 0.15) is 24.5 Å². The topological polar surface area (TPSA) is 54.8 Å². The minimum Gasteiger partial charge on any atom is -0.473 e. The number of amides is 1. The van der Waals surface area contributed by atoms with Gasteiger partial charge in [0.05, 0.1) is 0 Å². The number of nitrogens with zero attached hydrogens (tertiary/aromatic N) is 3. The van der Waals surface area contributed by atoms with E-state index in [1.165, 1.54) is 6.40 Å². The minimum atomic E-state index is -0.452. The molecule has 0 bridgehead atoms. The summed E-state index contributed by atoms with van der Waals surface area (Å²) < 4.78 is 5.45. The summed E-state index contributed by atoms with van der Waals surface area (Å²) in [6, 6.07) is 3.30. The Hall–Kier alpha value is -1.91. The minimum absolute atomic E-state index is 0.0649. The summed E-state index contributed by atoms with van der Waals surface area (Å²) in [5, 5.41) is 0. The Labute approximate surface area is 105 Å². The standard InChI is InChI=1S/C13H15N3O2/c17-13(16-6-1-2-7-16)11-12(18-9-15-11)10-4-3-5-14-8-10/h3-5,8-9,11-12H,1-2,6-7H2. The van der Waals surface area contributed by atoms with Crippen LogP contribution in [-0.2, 0) is 9.53 Å². The van der Waals surface area contributed by atoms with Crippen LogP contribution in [0.4, 0.5) is 0 Å². The van der Waals surface area contributed by atoms with Gasteiger partial charge in [0.25, 0.3) is 5.91 Å². The van der Waals surface area contributed by atoms with E-state index in [0.717, 1.165) is 31.5 Å². The summed E-state index contributed by atoms with van der Waals surface area (Å²) in [6.07, 6.45) is 6.66. The van der Waals surface area contributed by atoms with Crippen LogP contribution in [0.2, 0.25) is 0 Å². The highest BCUT2D eigenvalue weighted by molar-refractivity contribution is 5.85. The van der Waals surface area contributed by atoms with E-state index in [0.29, 0.717) is 0 Å². The molecule has 0 aromatic carbocycles. The van der Waals surface area contributed by atoms with Crippen molar-refractivity contribution < 1.29 is 9.53 Å². The molecule has 0 saturated carbocycles. The molecule has 0 N–H and O–H groups in total. The highest BCUT2D eigenvalue weighted by Gasteiger charge is 2.37. The molecule has 3 rings (SSSR count). The molecule has 5 nitrogen and oxygen atoms in total. The Morgan fingerprint density at radius 3 is 2.94 bits per heavy atom. The first-order valence-corrected chi connectivity index (χ1v) is 6.22. The number of carbonyl (C=O) groups excluding carboxylic acids is 1. The molecule has 1 saturated heterocycles. The second-order valence-corrected chi connectivity index (χ2v) is 4.57. The quantitative estimate of drug-likeness (QED) is 0.786. The zero-order chi connectivity index (χ0) is 12.4. The van der Waals surface area contributed by atoms with Gasteiger partial charge in [0.15, 0.2) is 18.5 Å². The highest BCUT2D eigenvalue weighted by atomic mass is 16.5. The molecule has 2 atom stereocenters. The van der Waals surface area contributed by atoms with Crippen molar-refractivity contribution in [2.45, 2.75) is 25.0 Å². The van der Waals surface area contributed by atoms with Crippen molar-refractivity contribution in [2.75, 3.05) is 13.1 Å². The van der Waals surface area contributed by atoms with Crippen molar-refractivity contribution in [3.8, 4) is 0 Å². The number of aromatic nitrogens is 1. The van der Waals surface area contributed by atoms with E-state index in [-0.39, 0.29) is 12.0 Å². The molecule has 2 aliphatic heterocycles. The lowest BCUT2D eigenvalue weighted by molar-refractivity contribution is -0.133. The average Bonchev–Trinajstić information content (AvgIpc) is 3.10. The zero-order valence-electron chi connectivity index (χ0n) is 10.0. The summed E-state index contributed by atoms with van der Waals surface area (Å²) in [5.41, 5.74) is 0.896. The molecule has 1 aromatic heterocycles. The maximum absolute atomic E-state index is 12.3. The number of likely N-dealkylation sites (tertiary alicyclic amines) is 1. The van der Waals surface area contributed by atoms with Gasteiger partial charge >= 0.3 is 0 Å². The van der Waals surface area contributed by atoms with E-state index in [1.54, 1.807) is 12.4 Å². The maximum Gasteiger partial charge on any atom is 0.251 e. The fourth-order valence-electron chi connectivity index (χ4n) is 2.44. The molecule has 1 amide bonds. The summed E-state index contributed by atoms with van der Waals surface area (Å²) in [4.78, 5) is 22.5. The predicted molar refractivity (Wildman–Crippen MR) is 66.2 cm³/mol. The van der Waals surface area contributed by atoms with E-state index in [2.05, 4.69) is 9.98 Å². The molecule has 2 aliphatic rings. The molecule has 0 radical (unpaired) electrons. The normalized spacial score (nSPS) is 26.3. The first-order valence-electron chi connectivity index (χ1n) is 6.22. The lowest BCUT2D eigenvalue weighted by Crippen LogP contribution is -2.38. The number of aliphatic imine (C=N–C) groups is 1. The largest absolute Gasteiger partial charge is 0.473 e. The molecule has 18 heavy (non-hydrogen) atoms. The number of hydrogen-bond donors (Lipinski definition) is 0. The molecule has 94 valence electrons. The molecular weight excluding hydrogens is 230 g/mol. The highest BCUT2D eigenvalue weighted by Crippen LogP contribution is 2.28. The second-order valence-electron chi connectivity index (χ2n) is 4.57. The van der Waals surface area contributed by atoms with Crippen LogP contribution in [0.3, 0.4) is 0 Å². The van der Waals surface area contributed by atoms with E-state index >= 15 is 0 Å². The fourth-order valence-corrected chi connectivity index (χ4v) is 2.44. The first kappa shape index (κ1) is 11.2. The van der Waals surface area contributed by atoms with Crippen molar-refractivity contribution in [1.29, 1.82) is 0 Å². The summed E-state index contributed by atoms with van der Waals surface area (Å²) >= 11 is 0. The zero-order valence-corrected chi connectivity index (χ0v) is 10.0. The third kappa shape index (κ3) is 1.96. The van der Waals surface area contributed by atoms with Gasteiger partial charge in [0, 0.05) is 31.0 Å². The van der Waals surface area contributed by atoms with Gasteiger partial charge in [-0.1, -0.05) is 6.07 Å². The van der Waals surface area contributed by atoms with E-state index in [4.69, 9.17) is 4.74 Å². The Bertz CT molecular complexity index is 455. The van der Waals surface area contributed by atoms with Gasteiger partial charge in [-0.05, 0) is 18.9 Å². The van der Waals surface area contributed by atoms with Crippen LogP contribution >= 0.6 is 0 Å². The molecule has 3 heterocycles. The third-order valence-electron chi connectivity index (χ3n) is 3.40. The van der Waals surface area contributed by atoms with Gasteiger partial charge in [0.1, 0.15) is 0 Å². The number of pyridine rings is 1. The molecule has 1 fully saturated rings. The van der Waals surface area contributed by atoms with Crippen LogP contribution < -0.4 is 0 Å². The average molecular weight is 245 g/mol. The second kappa shape index (κ2) is 4.76. The number of carbonyl (C=O) groups is 1. The number of hydrogen-bond acceptors (Lipinski definition) is 4. The molecule has 0 aliphatic carbocycles. The first-order chi connectivity index (χ1) is 8.86. The Kier molecular flexibility index (Phi) is 2.96. The Morgan fingerprint density at radius 1 is 1.39 bits per heavy atom. The molecular formula is C13H15N3O2. The summed E-state index contributed by atoms with van der Waals surface area (Å²) in [6.45, 7) is 1.68. The van der Waals surface area contributed by atoms with Gasteiger partial charge < -0.3 is 9.64 Å². The van der Waals surface area contributed by atoms with Crippen molar-refractivity contribution >= 4 is 12.3 Å². The van der Waals surface area contributed by atoms with Gasteiger partial charge in [-0.15, -0.1) is 0 Å². The monoisotopic (exact) mass is 245 g/mol. The maximum atomic E-state index is 12.3. The van der Waals surface area contributed by atoms with Crippen LogP contribution in [0.5, 0.6) is 0 Å². The van der Waals surface area contributed by atoms with Gasteiger partial charge in [-0.25, -0.2) is 4.99 Å². The SMILES string of the molecule is O=C(C1N=COC1c1cccnc1)N1CCCC1. The summed E-state index contributed by atoms with van der Waals surface area (Å²) in [5.74, 6) is 0.0649. The van der Waals surface area contributed by atoms with Gasteiger partial charge in [-0.2, -0.15) is 0 Å². The molecule has 1 aromatic rings. The van der Waals surface area contributed by atoms with E-state index in [9.17, 15) is 4.79 Å². The molecule has 0 spiro atoms. The van der Waals surface area contributed by atoms with Crippen molar-refractivity contribution in [1.82, 2.24) is 9.88 Å². The lowest BCUT2D eigenvalue weighted by Gasteiger charge is -2.22. The van der Waals surface area contributed by atoms with Crippen molar-refractivity contribution in [3.63, 3.8) is 0 Å². The Balaban J connectivity index is 1.78. The number of rotatable bonds is 2. The smallest absolute Gasteiger partial charge is 0.251 e. The van der Waals surface area contributed by atoms with Crippen LogP contribution in [0, 0.1) is 0 Å². The van der Waals surface area contributed by atoms with E-state index in [1.807, 2.05) is 17.0 Å². The third-order valence-corrected chi connectivity index (χ3v) is 3.40. The fraction of sp³-hybridized carbons (Fsp3) is 0.462. The lowest BCUT2D eigenvalue weighted by atomic mass is 10.0. The number of ether oxygens (including phenoxy) is 1. The van der Waals surface area contributed by atoms with Crippen molar-refractivity contribution in [2.24, 2.45) is 4.99 Å². The van der Waals surface area contributed by atoms with Crippen LogP contribution in [0.15, 0.2) is 29.5 Å². The predicted octanol–water partition coefficient (Wildman–Crippen LogP) is 1.17. The Morgan fingerprint density at radius 2 is 2.22 bits per heavy atom. The van der Waals surface area contributed by atoms with Crippen molar-refractivity contribution in [3.05, 3.63) is 30.1 Å². The van der Waals surface area contributed by atoms with Gasteiger partial charge in [-0.3, -0.25) is 9.78 Å². The van der Waals surface area contributed by atoms with E-state index < -0.39 is 6.04 Å². The van der Waals surface area contributed by atoms with Crippen LogP contribution in [0.25, 0.3) is 0 Å². The summed E-state index contributed by atoms with van der Waals surface area (Å²) in [7, 11) is 0.